The third-order valence-electron chi connectivity index (χ3n) is 1.01. The maximum atomic E-state index is 10.9. The van der Waals surface area contributed by atoms with Crippen molar-refractivity contribution in [1.82, 2.24) is 0 Å². The molecule has 8 heteroatoms. The van der Waals surface area contributed by atoms with Crippen LogP contribution in [0.4, 0.5) is 0 Å². The van der Waals surface area contributed by atoms with Gasteiger partial charge in [-0.05, 0) is 6.92 Å². The Morgan fingerprint density at radius 3 is 2.23 bits per heavy atom. The van der Waals surface area contributed by atoms with E-state index in [0.29, 0.717) is 0 Å². The van der Waals surface area contributed by atoms with Crippen LogP contribution >= 0.6 is 0 Å². The third kappa shape index (κ3) is 4.78. The van der Waals surface area contributed by atoms with Crippen molar-refractivity contribution in [3.63, 3.8) is 0 Å². The van der Waals surface area contributed by atoms with Crippen LogP contribution in [-0.2, 0) is 19.1 Å². The molecule has 0 aliphatic rings. The van der Waals surface area contributed by atoms with E-state index in [9.17, 15) is 13.2 Å². The number of nitrogens with two attached hydrogens (primary N) is 3. The van der Waals surface area contributed by atoms with Crippen molar-refractivity contribution < 1.29 is 17.4 Å². The topological polar surface area (TPSA) is 138 Å². The van der Waals surface area contributed by atoms with Crippen LogP contribution in [0.15, 0.2) is 0 Å². The number of carbonyl (C=O) groups is 1. The van der Waals surface area contributed by atoms with E-state index in [-0.39, 0.29) is 6.54 Å². The standard InChI is InChI=1S/C5H13N3O4S/c1-5(7,8)4(9)12-13(10,11)3-2-6/h2-3,6-8H2,1H3. The Bertz CT molecular complexity index is 279. The molecule has 0 spiro atoms. The van der Waals surface area contributed by atoms with Crippen LogP contribution in [0, 0.1) is 0 Å². The van der Waals surface area contributed by atoms with Crippen LogP contribution in [0.3, 0.4) is 0 Å². The fraction of sp³-hybridized carbons (Fsp3) is 0.800. The molecule has 0 heterocycles. The Morgan fingerprint density at radius 2 is 1.92 bits per heavy atom. The molecule has 0 saturated heterocycles. The van der Waals surface area contributed by atoms with Crippen molar-refractivity contribution in [1.29, 1.82) is 0 Å². The first-order valence-corrected chi connectivity index (χ1v) is 5.01. The summed E-state index contributed by atoms with van der Waals surface area (Å²) in [5, 5.41) is 0. The summed E-state index contributed by atoms with van der Waals surface area (Å²) in [6, 6.07) is 0. The molecule has 13 heavy (non-hydrogen) atoms. The number of carbonyl (C=O) groups excluding carboxylic acids is 1. The van der Waals surface area contributed by atoms with E-state index in [1.807, 2.05) is 0 Å². The van der Waals surface area contributed by atoms with Gasteiger partial charge in [0.25, 0.3) is 0 Å². The SMILES string of the molecule is CC(N)(N)C(=O)OS(=O)(=O)CCN. The van der Waals surface area contributed by atoms with Gasteiger partial charge in [-0.15, -0.1) is 0 Å². The first kappa shape index (κ1) is 12.3. The van der Waals surface area contributed by atoms with E-state index in [2.05, 4.69) is 4.18 Å². The molecule has 0 saturated carbocycles. The van der Waals surface area contributed by atoms with Crippen LogP contribution in [0.1, 0.15) is 6.92 Å². The first-order chi connectivity index (χ1) is 5.69. The molecule has 0 aromatic carbocycles. The molecule has 0 fully saturated rings. The van der Waals surface area contributed by atoms with E-state index in [1.54, 1.807) is 0 Å². The lowest BCUT2D eigenvalue weighted by atomic mass is 10.2. The molecule has 0 radical (unpaired) electrons. The van der Waals surface area contributed by atoms with E-state index >= 15 is 0 Å². The third-order valence-corrected chi connectivity index (χ3v) is 2.15. The summed E-state index contributed by atoms with van der Waals surface area (Å²) in [7, 11) is -3.95. The van der Waals surface area contributed by atoms with Gasteiger partial charge in [0.1, 0.15) is 0 Å². The predicted molar refractivity (Wildman–Crippen MR) is 45.7 cm³/mol. The summed E-state index contributed by atoms with van der Waals surface area (Å²) < 4.78 is 25.8. The fourth-order valence-corrected chi connectivity index (χ4v) is 1.17. The highest BCUT2D eigenvalue weighted by atomic mass is 32.2. The Hall–Kier alpha value is -0.700. The molecule has 0 amide bonds. The summed E-state index contributed by atoms with van der Waals surface area (Å²) >= 11 is 0. The molecule has 0 aliphatic carbocycles. The van der Waals surface area contributed by atoms with Gasteiger partial charge in [-0.2, -0.15) is 8.42 Å². The molecule has 0 unspecified atom stereocenters. The lowest BCUT2D eigenvalue weighted by molar-refractivity contribution is -0.139. The van der Waals surface area contributed by atoms with Crippen LogP contribution in [0.2, 0.25) is 0 Å². The van der Waals surface area contributed by atoms with Crippen molar-refractivity contribution >= 4 is 16.1 Å². The normalized spacial score (nSPS) is 12.6. The average molecular weight is 211 g/mol. The predicted octanol–water partition coefficient (Wildman–Crippen LogP) is -2.55. The van der Waals surface area contributed by atoms with E-state index in [4.69, 9.17) is 17.2 Å². The number of hydrogen-bond acceptors (Lipinski definition) is 7. The van der Waals surface area contributed by atoms with Crippen LogP contribution in [0.5, 0.6) is 0 Å². The van der Waals surface area contributed by atoms with E-state index in [0.717, 1.165) is 6.92 Å². The minimum absolute atomic E-state index is 0.137. The summed E-state index contributed by atoms with van der Waals surface area (Å²) in [5.74, 6) is -1.66. The minimum Gasteiger partial charge on any atom is -0.342 e. The smallest absolute Gasteiger partial charge is 0.342 e. The number of rotatable bonds is 4. The zero-order valence-electron chi connectivity index (χ0n) is 7.19. The molecule has 0 aromatic heterocycles. The monoisotopic (exact) mass is 211 g/mol. The summed E-state index contributed by atoms with van der Waals surface area (Å²) in [5.41, 5.74) is 13.3. The molecular formula is C5H13N3O4S. The quantitative estimate of drug-likeness (QED) is 0.343. The second-order valence-corrected chi connectivity index (χ2v) is 4.39. The van der Waals surface area contributed by atoms with Gasteiger partial charge in [-0.1, -0.05) is 0 Å². The molecule has 6 N–H and O–H groups in total. The molecule has 0 aromatic rings. The molecule has 7 nitrogen and oxygen atoms in total. The average Bonchev–Trinajstić information content (AvgIpc) is 1.83. The van der Waals surface area contributed by atoms with Crippen molar-refractivity contribution in [2.75, 3.05) is 12.3 Å². The Balaban J connectivity index is 4.39. The van der Waals surface area contributed by atoms with Gasteiger partial charge in [-0.3, -0.25) is 0 Å². The van der Waals surface area contributed by atoms with Crippen molar-refractivity contribution in [3.8, 4) is 0 Å². The second-order valence-electron chi connectivity index (χ2n) is 2.70. The summed E-state index contributed by atoms with van der Waals surface area (Å²) in [4.78, 5) is 10.9. The second kappa shape index (κ2) is 4.01. The molecule has 0 atom stereocenters. The zero-order chi connectivity index (χ0) is 10.7. The van der Waals surface area contributed by atoms with E-state index in [1.165, 1.54) is 0 Å². The molecular weight excluding hydrogens is 198 g/mol. The first-order valence-electron chi connectivity index (χ1n) is 3.43. The zero-order valence-corrected chi connectivity index (χ0v) is 8.00. The van der Waals surface area contributed by atoms with Gasteiger partial charge >= 0.3 is 16.1 Å². The maximum Gasteiger partial charge on any atom is 0.356 e. The van der Waals surface area contributed by atoms with E-state index < -0.39 is 27.5 Å². The van der Waals surface area contributed by atoms with Gasteiger partial charge in [0, 0.05) is 6.54 Å². The molecule has 0 aliphatic heterocycles. The number of hydrogen-bond donors (Lipinski definition) is 3. The largest absolute Gasteiger partial charge is 0.356 e. The van der Waals surface area contributed by atoms with Crippen LogP contribution in [0.25, 0.3) is 0 Å². The molecule has 0 rings (SSSR count). The fourth-order valence-electron chi connectivity index (χ4n) is 0.391. The van der Waals surface area contributed by atoms with Gasteiger partial charge in [0.2, 0.25) is 0 Å². The highest BCUT2D eigenvalue weighted by Gasteiger charge is 2.29. The minimum atomic E-state index is -3.95. The van der Waals surface area contributed by atoms with Crippen molar-refractivity contribution in [3.05, 3.63) is 0 Å². The van der Waals surface area contributed by atoms with Crippen LogP contribution < -0.4 is 17.2 Å². The van der Waals surface area contributed by atoms with Gasteiger partial charge in [-0.25, -0.2) is 4.79 Å². The molecule has 0 bridgehead atoms. The van der Waals surface area contributed by atoms with Gasteiger partial charge in [0.05, 0.1) is 5.75 Å². The lowest BCUT2D eigenvalue weighted by Crippen LogP contribution is -2.55. The summed E-state index contributed by atoms with van der Waals surface area (Å²) in [6.07, 6.45) is 0. The van der Waals surface area contributed by atoms with Crippen molar-refractivity contribution in [2.45, 2.75) is 12.6 Å². The van der Waals surface area contributed by atoms with Crippen molar-refractivity contribution in [2.24, 2.45) is 17.2 Å². The van der Waals surface area contributed by atoms with Gasteiger partial charge < -0.3 is 21.4 Å². The van der Waals surface area contributed by atoms with Crippen LogP contribution in [-0.4, -0.2) is 32.3 Å². The maximum absolute atomic E-state index is 10.9. The highest BCUT2D eigenvalue weighted by molar-refractivity contribution is 7.87. The highest BCUT2D eigenvalue weighted by Crippen LogP contribution is 1.99. The Morgan fingerprint density at radius 1 is 1.46 bits per heavy atom. The lowest BCUT2D eigenvalue weighted by Gasteiger charge is -2.15. The van der Waals surface area contributed by atoms with Gasteiger partial charge in [0.15, 0.2) is 5.66 Å². The molecule has 78 valence electrons. The Labute approximate surface area is 76.3 Å². The summed E-state index contributed by atoms with van der Waals surface area (Å²) in [6.45, 7) is 0.995. The Kier molecular flexibility index (Phi) is 3.79.